The SMILES string of the molecule is CC(Br)C(=O)c1cccc([N+](=O)[O-])c1C=CC(=O)O. The van der Waals surface area contributed by atoms with E-state index in [9.17, 15) is 19.7 Å². The van der Waals surface area contributed by atoms with Crippen LogP contribution in [0.4, 0.5) is 5.69 Å². The van der Waals surface area contributed by atoms with Crippen molar-refractivity contribution in [1.29, 1.82) is 0 Å². The summed E-state index contributed by atoms with van der Waals surface area (Å²) in [5.74, 6) is -1.60. The van der Waals surface area contributed by atoms with E-state index in [1.54, 1.807) is 6.92 Å². The fourth-order valence-corrected chi connectivity index (χ4v) is 1.72. The van der Waals surface area contributed by atoms with Crippen molar-refractivity contribution >= 4 is 39.4 Å². The van der Waals surface area contributed by atoms with Crippen molar-refractivity contribution in [1.82, 2.24) is 0 Å². The molecule has 100 valence electrons. The van der Waals surface area contributed by atoms with Crippen LogP contribution >= 0.6 is 15.9 Å². The number of hydrogen-bond donors (Lipinski definition) is 1. The Kier molecular flexibility index (Phi) is 4.94. The van der Waals surface area contributed by atoms with Gasteiger partial charge in [0.15, 0.2) is 5.78 Å². The number of carboxylic acid groups (broad SMARTS) is 1. The zero-order valence-electron chi connectivity index (χ0n) is 9.87. The number of nitro groups is 1. The molecule has 0 aliphatic carbocycles. The van der Waals surface area contributed by atoms with Crippen molar-refractivity contribution in [3.05, 3.63) is 45.5 Å². The maximum Gasteiger partial charge on any atom is 0.328 e. The Morgan fingerprint density at radius 2 is 2.11 bits per heavy atom. The molecule has 0 aliphatic rings. The summed E-state index contributed by atoms with van der Waals surface area (Å²) in [7, 11) is 0. The van der Waals surface area contributed by atoms with Gasteiger partial charge in [0.2, 0.25) is 0 Å². The fourth-order valence-electron chi connectivity index (χ4n) is 1.47. The van der Waals surface area contributed by atoms with Crippen LogP contribution in [0.25, 0.3) is 6.08 Å². The van der Waals surface area contributed by atoms with Crippen LogP contribution in [0.3, 0.4) is 0 Å². The minimum absolute atomic E-state index is 0.00815. The highest BCUT2D eigenvalue weighted by Crippen LogP contribution is 2.26. The van der Waals surface area contributed by atoms with Gasteiger partial charge in [-0.3, -0.25) is 14.9 Å². The molecule has 1 rings (SSSR count). The van der Waals surface area contributed by atoms with E-state index in [0.29, 0.717) is 0 Å². The topological polar surface area (TPSA) is 97.5 Å². The summed E-state index contributed by atoms with van der Waals surface area (Å²) >= 11 is 3.09. The molecule has 0 fully saturated rings. The first-order valence-corrected chi connectivity index (χ1v) is 6.13. The molecule has 1 atom stereocenters. The van der Waals surface area contributed by atoms with Crippen LogP contribution in [-0.4, -0.2) is 26.6 Å². The Bertz CT molecular complexity index is 565. The predicted octanol–water partition coefficient (Wildman–Crippen LogP) is 2.66. The summed E-state index contributed by atoms with van der Waals surface area (Å²) in [6.45, 7) is 1.59. The molecule has 1 unspecified atom stereocenters. The molecule has 1 aromatic rings. The second-order valence-corrected chi connectivity index (χ2v) is 5.02. The number of ketones is 1. The second kappa shape index (κ2) is 6.24. The molecule has 0 saturated carbocycles. The maximum absolute atomic E-state index is 11.9. The van der Waals surface area contributed by atoms with E-state index in [4.69, 9.17) is 5.11 Å². The first-order valence-electron chi connectivity index (χ1n) is 5.21. The number of alkyl halides is 1. The monoisotopic (exact) mass is 327 g/mol. The quantitative estimate of drug-likeness (QED) is 0.295. The highest BCUT2D eigenvalue weighted by molar-refractivity contribution is 9.10. The van der Waals surface area contributed by atoms with Gasteiger partial charge < -0.3 is 5.11 Å². The largest absolute Gasteiger partial charge is 0.478 e. The summed E-state index contributed by atoms with van der Waals surface area (Å²) in [5.41, 5.74) is -0.209. The van der Waals surface area contributed by atoms with Gasteiger partial charge in [0.1, 0.15) is 0 Å². The molecule has 0 radical (unpaired) electrons. The number of nitro benzene ring substituents is 1. The van der Waals surface area contributed by atoms with Crippen LogP contribution in [0.1, 0.15) is 22.8 Å². The Morgan fingerprint density at radius 3 is 2.58 bits per heavy atom. The number of nitrogens with zero attached hydrogens (tertiary/aromatic N) is 1. The van der Waals surface area contributed by atoms with Gasteiger partial charge in [-0.25, -0.2) is 4.79 Å². The van der Waals surface area contributed by atoms with E-state index >= 15 is 0 Å². The van der Waals surface area contributed by atoms with Gasteiger partial charge in [0.05, 0.1) is 15.3 Å². The molecule has 6 nitrogen and oxygen atoms in total. The van der Waals surface area contributed by atoms with Gasteiger partial charge in [0, 0.05) is 17.7 Å². The molecular formula is C12H10BrNO5. The summed E-state index contributed by atoms with van der Waals surface area (Å²) in [6.07, 6.45) is 1.82. The van der Waals surface area contributed by atoms with Crippen molar-refractivity contribution in [2.24, 2.45) is 0 Å². The molecule has 0 saturated heterocycles. The number of benzene rings is 1. The van der Waals surface area contributed by atoms with E-state index in [2.05, 4.69) is 15.9 Å². The highest BCUT2D eigenvalue weighted by atomic mass is 79.9. The smallest absolute Gasteiger partial charge is 0.328 e. The zero-order valence-corrected chi connectivity index (χ0v) is 11.5. The molecule has 19 heavy (non-hydrogen) atoms. The van der Waals surface area contributed by atoms with Crippen molar-refractivity contribution in [2.75, 3.05) is 0 Å². The number of carbonyl (C=O) groups excluding carboxylic acids is 1. The van der Waals surface area contributed by atoms with Crippen molar-refractivity contribution < 1.29 is 19.6 Å². The molecule has 0 aromatic heterocycles. The van der Waals surface area contributed by atoms with E-state index in [-0.39, 0.29) is 22.6 Å². The zero-order chi connectivity index (χ0) is 14.6. The molecule has 0 spiro atoms. The van der Waals surface area contributed by atoms with Crippen molar-refractivity contribution in [2.45, 2.75) is 11.8 Å². The van der Waals surface area contributed by atoms with Crippen LogP contribution in [0.2, 0.25) is 0 Å². The normalized spacial score (nSPS) is 12.3. The lowest BCUT2D eigenvalue weighted by Crippen LogP contribution is -2.12. The first-order chi connectivity index (χ1) is 8.84. The molecule has 1 aromatic carbocycles. The van der Waals surface area contributed by atoms with Gasteiger partial charge in [-0.15, -0.1) is 0 Å². The third-order valence-electron chi connectivity index (χ3n) is 2.30. The molecule has 0 heterocycles. The van der Waals surface area contributed by atoms with E-state index in [0.717, 1.165) is 12.2 Å². The number of carboxylic acids is 1. The lowest BCUT2D eigenvalue weighted by atomic mass is 10.00. The second-order valence-electron chi connectivity index (χ2n) is 3.65. The van der Waals surface area contributed by atoms with Crippen LogP contribution in [0.5, 0.6) is 0 Å². The molecule has 7 heteroatoms. The Balaban J connectivity index is 3.46. The van der Waals surface area contributed by atoms with E-state index in [1.165, 1.54) is 18.2 Å². The molecular weight excluding hydrogens is 318 g/mol. The summed E-state index contributed by atoms with van der Waals surface area (Å²) in [6, 6.07) is 4.03. The lowest BCUT2D eigenvalue weighted by molar-refractivity contribution is -0.385. The van der Waals surface area contributed by atoms with Crippen LogP contribution < -0.4 is 0 Å². The van der Waals surface area contributed by atoms with Gasteiger partial charge in [-0.2, -0.15) is 0 Å². The van der Waals surface area contributed by atoms with Gasteiger partial charge in [0.25, 0.3) is 5.69 Å². The van der Waals surface area contributed by atoms with Crippen LogP contribution in [0, 0.1) is 10.1 Å². The van der Waals surface area contributed by atoms with Crippen LogP contribution in [-0.2, 0) is 4.79 Å². The minimum Gasteiger partial charge on any atom is -0.478 e. The number of rotatable bonds is 5. The first kappa shape index (κ1) is 15.0. The number of carbonyl (C=O) groups is 2. The molecule has 1 N–H and O–H groups in total. The lowest BCUT2D eigenvalue weighted by Gasteiger charge is -2.07. The van der Waals surface area contributed by atoms with Gasteiger partial charge >= 0.3 is 5.97 Å². The minimum atomic E-state index is -1.25. The third kappa shape index (κ3) is 3.72. The average molecular weight is 328 g/mol. The van der Waals surface area contributed by atoms with Crippen LogP contribution in [0.15, 0.2) is 24.3 Å². The Morgan fingerprint density at radius 1 is 1.47 bits per heavy atom. The molecule has 0 bridgehead atoms. The molecule has 0 aliphatic heterocycles. The summed E-state index contributed by atoms with van der Waals surface area (Å²) in [4.78, 5) is 32.2. The van der Waals surface area contributed by atoms with E-state index < -0.39 is 15.7 Å². The average Bonchev–Trinajstić information content (AvgIpc) is 2.34. The predicted molar refractivity (Wildman–Crippen MR) is 72.5 cm³/mol. The Labute approximate surface area is 117 Å². The Hall–Kier alpha value is -2.02. The number of Topliss-reactive ketones (excluding diaryl/α,β-unsaturated/α-hetero) is 1. The fraction of sp³-hybridized carbons (Fsp3) is 0.167. The maximum atomic E-state index is 11.9. The summed E-state index contributed by atoms with van der Waals surface area (Å²) in [5, 5.41) is 19.5. The van der Waals surface area contributed by atoms with Crippen molar-refractivity contribution in [3.8, 4) is 0 Å². The van der Waals surface area contributed by atoms with E-state index in [1.807, 2.05) is 0 Å². The van der Waals surface area contributed by atoms with Gasteiger partial charge in [-0.05, 0) is 13.0 Å². The van der Waals surface area contributed by atoms with Gasteiger partial charge in [-0.1, -0.05) is 28.1 Å². The standard InChI is InChI=1S/C12H10BrNO5/c1-7(13)12(17)9-3-2-4-10(14(18)19)8(9)5-6-11(15)16/h2-7H,1H3,(H,15,16). The van der Waals surface area contributed by atoms with Crippen molar-refractivity contribution in [3.63, 3.8) is 0 Å². The molecule has 0 amide bonds. The highest BCUT2D eigenvalue weighted by Gasteiger charge is 2.21. The summed E-state index contributed by atoms with van der Waals surface area (Å²) < 4.78 is 0. The third-order valence-corrected chi connectivity index (χ3v) is 2.71. The number of aliphatic carboxylic acids is 1. The number of hydrogen-bond acceptors (Lipinski definition) is 4. The number of halogens is 1.